The van der Waals surface area contributed by atoms with Gasteiger partial charge >= 0.3 is 5.97 Å². The van der Waals surface area contributed by atoms with Crippen molar-refractivity contribution in [2.45, 2.75) is 6.54 Å². The molecule has 0 unspecified atom stereocenters. The van der Waals surface area contributed by atoms with Gasteiger partial charge in [-0.15, -0.1) is 11.3 Å². The van der Waals surface area contributed by atoms with Crippen molar-refractivity contribution >= 4 is 43.5 Å². The number of nitrogens with zero attached hydrogens (tertiary/aromatic N) is 2. The van der Waals surface area contributed by atoms with Crippen LogP contribution in [0.2, 0.25) is 0 Å². The second-order valence-corrected chi connectivity index (χ2v) is 5.99. The van der Waals surface area contributed by atoms with Crippen LogP contribution in [0.25, 0.3) is 10.2 Å². The first-order chi connectivity index (χ1) is 9.13. The molecule has 0 aliphatic heterocycles. The van der Waals surface area contributed by atoms with E-state index >= 15 is 0 Å². The van der Waals surface area contributed by atoms with Crippen molar-refractivity contribution in [2.24, 2.45) is 0 Å². The fourth-order valence-electron chi connectivity index (χ4n) is 1.85. The number of thiazole rings is 1. The standard InChI is InChI=1S/C13H9BrN2O2S/c14-11-5-8(13(17)18)6-16(11)7-12-15-9-3-1-2-4-10(9)19-12/h1-6H,7H2,(H,17,18). The number of hydrogen-bond acceptors (Lipinski definition) is 3. The van der Waals surface area contributed by atoms with Crippen molar-refractivity contribution in [3.63, 3.8) is 0 Å². The Kier molecular flexibility index (Phi) is 3.12. The summed E-state index contributed by atoms with van der Waals surface area (Å²) >= 11 is 4.98. The second kappa shape index (κ2) is 4.79. The van der Waals surface area contributed by atoms with Gasteiger partial charge in [0.15, 0.2) is 0 Å². The van der Waals surface area contributed by atoms with Crippen LogP contribution in [0.3, 0.4) is 0 Å². The minimum Gasteiger partial charge on any atom is -0.478 e. The summed E-state index contributed by atoms with van der Waals surface area (Å²) in [5.41, 5.74) is 1.25. The van der Waals surface area contributed by atoms with Crippen LogP contribution < -0.4 is 0 Å². The summed E-state index contributed by atoms with van der Waals surface area (Å²) < 4.78 is 3.71. The predicted octanol–water partition coefficient (Wildman–Crippen LogP) is 3.61. The zero-order chi connectivity index (χ0) is 13.4. The molecule has 1 N–H and O–H groups in total. The molecule has 0 aliphatic carbocycles. The molecule has 0 amide bonds. The summed E-state index contributed by atoms with van der Waals surface area (Å²) in [5.74, 6) is -0.927. The van der Waals surface area contributed by atoms with Crippen molar-refractivity contribution in [1.29, 1.82) is 0 Å². The highest BCUT2D eigenvalue weighted by molar-refractivity contribution is 9.10. The molecule has 0 saturated heterocycles. The Hall–Kier alpha value is -1.66. The van der Waals surface area contributed by atoms with Gasteiger partial charge in [-0.25, -0.2) is 9.78 Å². The van der Waals surface area contributed by atoms with E-state index in [2.05, 4.69) is 20.9 Å². The van der Waals surface area contributed by atoms with E-state index < -0.39 is 5.97 Å². The Morgan fingerprint density at radius 2 is 2.21 bits per heavy atom. The molecule has 0 spiro atoms. The van der Waals surface area contributed by atoms with Crippen molar-refractivity contribution < 1.29 is 9.90 Å². The number of para-hydroxylation sites is 1. The maximum Gasteiger partial charge on any atom is 0.337 e. The molecule has 96 valence electrons. The van der Waals surface area contributed by atoms with E-state index in [4.69, 9.17) is 5.11 Å². The van der Waals surface area contributed by atoms with Crippen molar-refractivity contribution in [3.8, 4) is 0 Å². The van der Waals surface area contributed by atoms with E-state index in [9.17, 15) is 4.79 Å². The minimum absolute atomic E-state index is 0.271. The average Bonchev–Trinajstić information content (AvgIpc) is 2.93. The van der Waals surface area contributed by atoms with Crippen LogP contribution in [-0.2, 0) is 6.54 Å². The highest BCUT2D eigenvalue weighted by Gasteiger charge is 2.11. The topological polar surface area (TPSA) is 55.1 Å². The number of fused-ring (bicyclic) bond motifs is 1. The summed E-state index contributed by atoms with van der Waals surface area (Å²) in [6.07, 6.45) is 1.61. The van der Waals surface area contributed by atoms with Crippen LogP contribution in [-0.4, -0.2) is 20.6 Å². The molecule has 2 heterocycles. The molecule has 19 heavy (non-hydrogen) atoms. The van der Waals surface area contributed by atoms with Gasteiger partial charge in [0.05, 0.1) is 26.9 Å². The number of benzene rings is 1. The Labute approximate surface area is 121 Å². The van der Waals surface area contributed by atoms with Gasteiger partial charge in [-0.3, -0.25) is 0 Å². The summed E-state index contributed by atoms with van der Waals surface area (Å²) in [6.45, 7) is 0.563. The third-order valence-electron chi connectivity index (χ3n) is 2.73. The molecular weight excluding hydrogens is 328 g/mol. The van der Waals surface area contributed by atoms with Gasteiger partial charge in [0.2, 0.25) is 0 Å². The lowest BCUT2D eigenvalue weighted by atomic mass is 10.3. The van der Waals surface area contributed by atoms with Gasteiger partial charge in [0, 0.05) is 6.20 Å². The summed E-state index contributed by atoms with van der Waals surface area (Å²) in [4.78, 5) is 15.4. The smallest absolute Gasteiger partial charge is 0.337 e. The molecule has 0 saturated carbocycles. The third-order valence-corrected chi connectivity index (χ3v) is 4.44. The number of carboxylic acids is 1. The SMILES string of the molecule is O=C(O)c1cc(Br)n(Cc2nc3ccccc3s2)c1. The zero-order valence-electron chi connectivity index (χ0n) is 9.71. The molecule has 0 atom stereocenters. The lowest BCUT2D eigenvalue weighted by Gasteiger charge is -2.00. The number of aromatic carboxylic acids is 1. The maximum atomic E-state index is 10.9. The van der Waals surface area contributed by atoms with Crippen molar-refractivity contribution in [3.05, 3.63) is 51.7 Å². The highest BCUT2D eigenvalue weighted by atomic mass is 79.9. The number of carbonyl (C=O) groups is 1. The summed E-state index contributed by atoms with van der Waals surface area (Å²) in [6, 6.07) is 9.54. The molecule has 0 fully saturated rings. The largest absolute Gasteiger partial charge is 0.478 e. The first-order valence-corrected chi connectivity index (χ1v) is 7.18. The van der Waals surface area contributed by atoms with Crippen LogP contribution in [0.1, 0.15) is 15.4 Å². The fraction of sp³-hybridized carbons (Fsp3) is 0.0769. The third kappa shape index (κ3) is 2.41. The second-order valence-electron chi connectivity index (χ2n) is 4.06. The van der Waals surface area contributed by atoms with Gasteiger partial charge in [-0.1, -0.05) is 12.1 Å². The monoisotopic (exact) mass is 336 g/mol. The Bertz CT molecular complexity index is 730. The first-order valence-electron chi connectivity index (χ1n) is 5.57. The van der Waals surface area contributed by atoms with E-state index in [0.717, 1.165) is 19.8 Å². The lowest BCUT2D eigenvalue weighted by molar-refractivity contribution is 0.0697. The minimum atomic E-state index is -0.927. The molecular formula is C13H9BrN2O2S. The first kappa shape index (κ1) is 12.4. The molecule has 6 heteroatoms. The molecule has 4 nitrogen and oxygen atoms in total. The van der Waals surface area contributed by atoms with Gasteiger partial charge in [0.1, 0.15) is 5.01 Å². The van der Waals surface area contributed by atoms with Crippen LogP contribution in [0.5, 0.6) is 0 Å². The number of halogens is 1. The van der Waals surface area contributed by atoms with E-state index in [1.54, 1.807) is 23.6 Å². The Balaban J connectivity index is 1.94. The van der Waals surface area contributed by atoms with Crippen LogP contribution >= 0.6 is 27.3 Å². The molecule has 0 radical (unpaired) electrons. The van der Waals surface area contributed by atoms with Gasteiger partial charge in [-0.05, 0) is 34.1 Å². The highest BCUT2D eigenvalue weighted by Crippen LogP contribution is 2.24. The fourth-order valence-corrected chi connectivity index (χ4v) is 3.29. The zero-order valence-corrected chi connectivity index (χ0v) is 12.1. The van der Waals surface area contributed by atoms with Gasteiger partial charge in [0.25, 0.3) is 0 Å². The van der Waals surface area contributed by atoms with Crippen molar-refractivity contribution in [2.75, 3.05) is 0 Å². The van der Waals surface area contributed by atoms with Crippen LogP contribution in [0.15, 0.2) is 41.1 Å². The van der Waals surface area contributed by atoms with E-state index in [0.29, 0.717) is 6.54 Å². The molecule has 3 aromatic rings. The van der Waals surface area contributed by atoms with Crippen molar-refractivity contribution in [1.82, 2.24) is 9.55 Å². The van der Waals surface area contributed by atoms with Gasteiger partial charge < -0.3 is 9.67 Å². The van der Waals surface area contributed by atoms with E-state index in [1.807, 2.05) is 28.8 Å². The molecule has 0 aliphatic rings. The molecule has 3 rings (SSSR count). The number of carboxylic acid groups (broad SMARTS) is 1. The Morgan fingerprint density at radius 1 is 1.42 bits per heavy atom. The average molecular weight is 337 g/mol. The normalized spacial score (nSPS) is 11.0. The number of rotatable bonds is 3. The van der Waals surface area contributed by atoms with E-state index in [-0.39, 0.29) is 5.56 Å². The predicted molar refractivity (Wildman–Crippen MR) is 77.8 cm³/mol. The maximum absolute atomic E-state index is 10.9. The molecule has 0 bridgehead atoms. The summed E-state index contributed by atoms with van der Waals surface area (Å²) in [7, 11) is 0. The number of aromatic nitrogens is 2. The van der Waals surface area contributed by atoms with E-state index in [1.165, 1.54) is 0 Å². The molecule has 1 aromatic carbocycles. The van der Waals surface area contributed by atoms with Crippen LogP contribution in [0.4, 0.5) is 0 Å². The Morgan fingerprint density at radius 3 is 2.89 bits per heavy atom. The van der Waals surface area contributed by atoms with Gasteiger partial charge in [-0.2, -0.15) is 0 Å². The lowest BCUT2D eigenvalue weighted by Crippen LogP contribution is -1.98. The number of hydrogen-bond donors (Lipinski definition) is 1. The quantitative estimate of drug-likeness (QED) is 0.794. The van der Waals surface area contributed by atoms with Crippen LogP contribution in [0, 0.1) is 0 Å². The molecule has 2 aromatic heterocycles. The summed E-state index contributed by atoms with van der Waals surface area (Å²) in [5, 5.41) is 9.91.